The predicted molar refractivity (Wildman–Crippen MR) is 131 cm³/mol. The van der Waals surface area contributed by atoms with Gasteiger partial charge in [0.2, 0.25) is 0 Å². The Morgan fingerprint density at radius 2 is 1.54 bits per heavy atom. The molecule has 0 unspecified atom stereocenters. The molecule has 1 N–H and O–H groups in total. The van der Waals surface area contributed by atoms with E-state index in [1.807, 2.05) is 5.32 Å². The Bertz CT molecular complexity index is 1410. The Hall–Kier alpha value is -3.76. The molecule has 0 atom stereocenters. The first-order chi connectivity index (χ1) is 18.7. The first-order valence-electron chi connectivity index (χ1n) is 11.7. The maximum Gasteiger partial charge on any atom is 0.534 e. The van der Waals surface area contributed by atoms with Crippen LogP contribution in [0.25, 0.3) is 0 Å². The lowest BCUT2D eigenvalue weighted by Crippen LogP contribution is -2.50. The highest BCUT2D eigenvalue weighted by atomic mass is 32.2. The number of hydrogen-bond donors (Lipinski definition) is 1. The topological polar surface area (TPSA) is 105 Å². The van der Waals surface area contributed by atoms with E-state index in [2.05, 4.69) is 4.18 Å². The number of anilines is 2. The highest BCUT2D eigenvalue weighted by Gasteiger charge is 2.49. The van der Waals surface area contributed by atoms with Crippen LogP contribution in [0.1, 0.15) is 36.7 Å². The number of alkyl halides is 6. The number of rotatable bonds is 5. The molecule has 0 saturated carbocycles. The standard InChI is InChI=1S/C24H24F7N3O6S/c1-22(2,3)39-21(36)34-11-9-33(10-12-34)17-6-4-5-15(23(26,27)28)19(17)32-20(35)14-7-8-16(25)18(13-14)40-41(37,38)24(29,30)31/h4-8,13H,9-12H2,1-3H3,(H,32,35). The van der Waals surface area contributed by atoms with Crippen LogP contribution in [0.15, 0.2) is 36.4 Å². The van der Waals surface area contributed by atoms with Gasteiger partial charge in [-0.3, -0.25) is 4.79 Å². The van der Waals surface area contributed by atoms with Crippen molar-refractivity contribution in [2.75, 3.05) is 36.4 Å². The van der Waals surface area contributed by atoms with Crippen LogP contribution in [-0.4, -0.2) is 62.6 Å². The van der Waals surface area contributed by atoms with Gasteiger partial charge in [0.1, 0.15) is 5.60 Å². The summed E-state index contributed by atoms with van der Waals surface area (Å²) in [5.41, 5.74) is -9.45. The molecule has 0 bridgehead atoms. The Balaban J connectivity index is 1.91. The number of nitrogens with one attached hydrogen (secondary N) is 1. The predicted octanol–water partition coefficient (Wildman–Crippen LogP) is 5.38. The third-order valence-electron chi connectivity index (χ3n) is 5.53. The minimum atomic E-state index is -6.31. The first kappa shape index (κ1) is 31.8. The molecule has 17 heteroatoms. The van der Waals surface area contributed by atoms with Crippen LogP contribution in [0.2, 0.25) is 0 Å². The number of carbonyl (C=O) groups is 2. The zero-order valence-corrected chi connectivity index (χ0v) is 22.5. The van der Waals surface area contributed by atoms with Crippen LogP contribution in [0.5, 0.6) is 5.75 Å². The second kappa shape index (κ2) is 11.3. The van der Waals surface area contributed by atoms with Gasteiger partial charge in [-0.1, -0.05) is 6.07 Å². The molecule has 1 fully saturated rings. The van der Waals surface area contributed by atoms with Gasteiger partial charge in [0.25, 0.3) is 5.91 Å². The molecule has 1 heterocycles. The van der Waals surface area contributed by atoms with Crippen LogP contribution in [-0.2, 0) is 21.0 Å². The number of carbonyl (C=O) groups excluding carboxylic acids is 2. The third-order valence-corrected chi connectivity index (χ3v) is 6.50. The second-order valence-corrected chi connectivity index (χ2v) is 11.3. The summed E-state index contributed by atoms with van der Waals surface area (Å²) in [6.07, 6.45) is -5.58. The minimum Gasteiger partial charge on any atom is -0.444 e. The van der Waals surface area contributed by atoms with E-state index in [1.165, 1.54) is 15.9 Å². The molecule has 0 aliphatic carbocycles. The summed E-state index contributed by atoms with van der Waals surface area (Å²) in [6, 6.07) is 4.51. The van der Waals surface area contributed by atoms with E-state index in [1.54, 1.807) is 20.8 Å². The van der Waals surface area contributed by atoms with Gasteiger partial charge in [0, 0.05) is 31.7 Å². The number of nitrogens with zero attached hydrogens (tertiary/aromatic N) is 2. The molecule has 3 rings (SSSR count). The van der Waals surface area contributed by atoms with E-state index in [9.17, 15) is 48.7 Å². The minimum absolute atomic E-state index is 0.0489. The Labute approximate surface area is 229 Å². The molecule has 1 aliphatic heterocycles. The SMILES string of the molecule is CC(C)(C)OC(=O)N1CCN(c2cccc(C(F)(F)F)c2NC(=O)c2ccc(F)c(OS(=O)(=O)C(F)(F)F)c2)CC1. The summed E-state index contributed by atoms with van der Waals surface area (Å²) in [6.45, 7) is 5.26. The first-order valence-corrected chi connectivity index (χ1v) is 13.2. The van der Waals surface area contributed by atoms with Crippen LogP contribution < -0.4 is 14.4 Å². The number of ether oxygens (including phenoxy) is 1. The number of halogens is 7. The van der Waals surface area contributed by atoms with Gasteiger partial charge < -0.3 is 24.0 Å². The molecule has 1 aliphatic rings. The van der Waals surface area contributed by atoms with Gasteiger partial charge in [-0.2, -0.15) is 34.8 Å². The van der Waals surface area contributed by atoms with Gasteiger partial charge in [0.15, 0.2) is 11.6 Å². The molecule has 0 radical (unpaired) electrons. The van der Waals surface area contributed by atoms with E-state index in [4.69, 9.17) is 4.74 Å². The molecular weight excluding hydrogens is 591 g/mol. The zero-order chi connectivity index (χ0) is 31.0. The Morgan fingerprint density at radius 3 is 2.07 bits per heavy atom. The average molecular weight is 616 g/mol. The fourth-order valence-corrected chi connectivity index (χ4v) is 4.15. The van der Waals surface area contributed by atoms with Crippen molar-refractivity contribution >= 4 is 33.5 Å². The van der Waals surface area contributed by atoms with Crippen molar-refractivity contribution in [3.63, 3.8) is 0 Å². The van der Waals surface area contributed by atoms with Crippen LogP contribution in [0, 0.1) is 5.82 Å². The number of amides is 2. The summed E-state index contributed by atoms with van der Waals surface area (Å²) < 4.78 is 125. The highest BCUT2D eigenvalue weighted by Crippen LogP contribution is 2.41. The Kier molecular flexibility index (Phi) is 8.72. The van der Waals surface area contributed by atoms with Crippen molar-refractivity contribution in [3.8, 4) is 5.75 Å². The quantitative estimate of drug-likeness (QED) is 0.274. The monoisotopic (exact) mass is 615 g/mol. The fraction of sp³-hybridized carbons (Fsp3) is 0.417. The van der Waals surface area contributed by atoms with Crippen molar-refractivity contribution in [3.05, 3.63) is 53.3 Å². The molecule has 1 saturated heterocycles. The summed E-state index contributed by atoms with van der Waals surface area (Å²) in [4.78, 5) is 28.1. The van der Waals surface area contributed by atoms with Crippen LogP contribution in [0.4, 0.5) is 46.9 Å². The van der Waals surface area contributed by atoms with Crippen molar-refractivity contribution in [1.82, 2.24) is 4.90 Å². The molecule has 2 aromatic rings. The summed E-state index contributed by atoms with van der Waals surface area (Å²) in [5.74, 6) is -4.39. The van der Waals surface area contributed by atoms with Gasteiger partial charge in [-0.05, 0) is 51.1 Å². The van der Waals surface area contributed by atoms with E-state index in [-0.39, 0.29) is 31.9 Å². The van der Waals surface area contributed by atoms with Crippen LogP contribution >= 0.6 is 0 Å². The molecule has 9 nitrogen and oxygen atoms in total. The molecule has 2 amide bonds. The third kappa shape index (κ3) is 7.71. The smallest absolute Gasteiger partial charge is 0.444 e. The lowest BCUT2D eigenvalue weighted by atomic mass is 10.1. The van der Waals surface area contributed by atoms with E-state index in [0.29, 0.717) is 24.3 Å². The van der Waals surface area contributed by atoms with Crippen molar-refractivity contribution in [1.29, 1.82) is 0 Å². The lowest BCUT2D eigenvalue weighted by Gasteiger charge is -2.37. The van der Waals surface area contributed by atoms with Gasteiger partial charge >= 0.3 is 27.9 Å². The second-order valence-electron chi connectivity index (χ2n) is 9.73. The molecule has 41 heavy (non-hydrogen) atoms. The molecule has 2 aromatic carbocycles. The van der Waals surface area contributed by atoms with Crippen molar-refractivity contribution < 1.29 is 57.7 Å². The van der Waals surface area contributed by atoms with Gasteiger partial charge in [-0.25, -0.2) is 9.18 Å². The van der Waals surface area contributed by atoms with E-state index >= 15 is 0 Å². The van der Waals surface area contributed by atoms with E-state index in [0.717, 1.165) is 6.07 Å². The Morgan fingerprint density at radius 1 is 0.927 bits per heavy atom. The molecule has 0 spiro atoms. The average Bonchev–Trinajstić information content (AvgIpc) is 2.83. The maximum absolute atomic E-state index is 14.0. The molecule has 0 aromatic heterocycles. The summed E-state index contributed by atoms with van der Waals surface area (Å²) >= 11 is 0. The normalized spacial score (nSPS) is 15.0. The highest BCUT2D eigenvalue weighted by molar-refractivity contribution is 7.88. The van der Waals surface area contributed by atoms with Crippen molar-refractivity contribution in [2.24, 2.45) is 0 Å². The number of hydrogen-bond acceptors (Lipinski definition) is 7. The van der Waals surface area contributed by atoms with E-state index < -0.39 is 67.8 Å². The van der Waals surface area contributed by atoms with Crippen molar-refractivity contribution in [2.45, 2.75) is 38.1 Å². The number of para-hydroxylation sites is 1. The molecular formula is C24H24F7N3O6S. The van der Waals surface area contributed by atoms with Crippen LogP contribution in [0.3, 0.4) is 0 Å². The molecule has 226 valence electrons. The summed E-state index contributed by atoms with van der Waals surface area (Å²) in [7, 11) is -6.31. The fourth-order valence-electron chi connectivity index (χ4n) is 3.69. The number of benzene rings is 2. The largest absolute Gasteiger partial charge is 0.534 e. The lowest BCUT2D eigenvalue weighted by molar-refractivity contribution is -0.136. The summed E-state index contributed by atoms with van der Waals surface area (Å²) in [5, 5.41) is 2.05. The van der Waals surface area contributed by atoms with Gasteiger partial charge in [0.05, 0.1) is 16.9 Å². The maximum atomic E-state index is 14.0. The zero-order valence-electron chi connectivity index (χ0n) is 21.7. The number of piperazine rings is 1. The van der Waals surface area contributed by atoms with Gasteiger partial charge in [-0.15, -0.1) is 0 Å².